The molecule has 0 spiro atoms. The lowest BCUT2D eigenvalue weighted by atomic mass is 10.3. The van der Waals surface area contributed by atoms with Crippen LogP contribution in [0.5, 0.6) is 11.5 Å². The van der Waals surface area contributed by atoms with Crippen molar-refractivity contribution < 1.29 is 9.53 Å². The van der Waals surface area contributed by atoms with Crippen LogP contribution in [0.4, 0.5) is 10.5 Å². The second-order valence-corrected chi connectivity index (χ2v) is 6.55. The lowest BCUT2D eigenvalue weighted by Gasteiger charge is -2.20. The molecule has 5 heteroatoms. The van der Waals surface area contributed by atoms with Gasteiger partial charge in [0.25, 0.3) is 0 Å². The van der Waals surface area contributed by atoms with E-state index in [1.165, 1.54) is 0 Å². The third-order valence-electron chi connectivity index (χ3n) is 3.57. The Hall–Kier alpha value is -2.14. The number of benzene rings is 2. The number of urea groups is 1. The number of anilines is 1. The summed E-state index contributed by atoms with van der Waals surface area (Å²) in [5.41, 5.74) is 0.750. The van der Waals surface area contributed by atoms with Gasteiger partial charge in [-0.05, 0) is 36.4 Å². The number of ether oxygens (including phenoxy) is 1. The lowest BCUT2D eigenvalue weighted by Crippen LogP contribution is -2.36. The van der Waals surface area contributed by atoms with E-state index in [2.05, 4.69) is 5.32 Å². The summed E-state index contributed by atoms with van der Waals surface area (Å²) in [5, 5.41) is 2.96. The first-order chi connectivity index (χ1) is 11.3. The minimum Gasteiger partial charge on any atom is -0.457 e. The second kappa shape index (κ2) is 7.92. The summed E-state index contributed by atoms with van der Waals surface area (Å²) < 4.78 is 5.80. The molecular weight excluding hydrogens is 308 g/mol. The standard InChI is InChI=1S/C18H20N2O2S/c21-18(20-10-5-12-23-13-11-20)19-15-6-4-9-17(14-15)22-16-7-2-1-3-8-16/h1-4,6-9,14H,5,10-13H2,(H,19,21). The van der Waals surface area contributed by atoms with E-state index < -0.39 is 0 Å². The van der Waals surface area contributed by atoms with Crippen molar-refractivity contribution in [3.05, 3.63) is 54.6 Å². The van der Waals surface area contributed by atoms with Gasteiger partial charge < -0.3 is 15.0 Å². The number of nitrogens with zero attached hydrogens (tertiary/aromatic N) is 1. The SMILES string of the molecule is O=C(Nc1cccc(Oc2ccccc2)c1)N1CCCSCC1. The Labute approximate surface area is 140 Å². The number of carbonyl (C=O) groups is 1. The fourth-order valence-electron chi connectivity index (χ4n) is 2.41. The zero-order chi connectivity index (χ0) is 15.9. The number of hydrogen-bond donors (Lipinski definition) is 1. The largest absolute Gasteiger partial charge is 0.457 e. The highest BCUT2D eigenvalue weighted by Gasteiger charge is 2.15. The first kappa shape index (κ1) is 15.7. The van der Waals surface area contributed by atoms with Crippen molar-refractivity contribution in [2.45, 2.75) is 6.42 Å². The average Bonchev–Trinajstić information content (AvgIpc) is 2.85. The molecule has 1 heterocycles. The van der Waals surface area contributed by atoms with Crippen molar-refractivity contribution >= 4 is 23.5 Å². The van der Waals surface area contributed by atoms with Gasteiger partial charge in [0.2, 0.25) is 0 Å². The van der Waals surface area contributed by atoms with Gasteiger partial charge >= 0.3 is 6.03 Å². The Morgan fingerprint density at radius 3 is 2.70 bits per heavy atom. The average molecular weight is 328 g/mol. The van der Waals surface area contributed by atoms with Gasteiger partial charge in [0, 0.05) is 30.6 Å². The number of hydrogen-bond acceptors (Lipinski definition) is 3. The number of para-hydroxylation sites is 1. The van der Waals surface area contributed by atoms with Crippen LogP contribution in [-0.4, -0.2) is 35.5 Å². The van der Waals surface area contributed by atoms with Crippen LogP contribution in [0.15, 0.2) is 54.6 Å². The molecule has 0 aliphatic carbocycles. The van der Waals surface area contributed by atoms with Crippen molar-refractivity contribution in [1.29, 1.82) is 0 Å². The summed E-state index contributed by atoms with van der Waals surface area (Å²) in [5.74, 6) is 3.62. The predicted molar refractivity (Wildman–Crippen MR) is 95.5 cm³/mol. The summed E-state index contributed by atoms with van der Waals surface area (Å²) >= 11 is 1.91. The third kappa shape index (κ3) is 4.66. The van der Waals surface area contributed by atoms with E-state index >= 15 is 0 Å². The van der Waals surface area contributed by atoms with Crippen molar-refractivity contribution in [2.75, 3.05) is 29.9 Å². The molecule has 4 nitrogen and oxygen atoms in total. The predicted octanol–water partition coefficient (Wildman–Crippen LogP) is 4.45. The fraction of sp³-hybridized carbons (Fsp3) is 0.278. The zero-order valence-electron chi connectivity index (χ0n) is 12.9. The van der Waals surface area contributed by atoms with Gasteiger partial charge in [-0.3, -0.25) is 0 Å². The molecule has 1 aliphatic heterocycles. The molecule has 0 radical (unpaired) electrons. The number of thioether (sulfide) groups is 1. The Balaban J connectivity index is 1.64. The van der Waals surface area contributed by atoms with Crippen LogP contribution in [0.25, 0.3) is 0 Å². The number of amides is 2. The maximum absolute atomic E-state index is 12.4. The van der Waals surface area contributed by atoms with E-state index in [9.17, 15) is 4.79 Å². The van der Waals surface area contributed by atoms with Crippen molar-refractivity contribution in [2.24, 2.45) is 0 Å². The highest BCUT2D eigenvalue weighted by molar-refractivity contribution is 7.99. The first-order valence-corrected chi connectivity index (χ1v) is 8.93. The van der Waals surface area contributed by atoms with Gasteiger partial charge in [0.05, 0.1) is 0 Å². The van der Waals surface area contributed by atoms with E-state index in [4.69, 9.17) is 4.74 Å². The minimum absolute atomic E-state index is 0.0376. The Morgan fingerprint density at radius 2 is 1.83 bits per heavy atom. The molecule has 2 amide bonds. The lowest BCUT2D eigenvalue weighted by molar-refractivity contribution is 0.216. The molecule has 1 N–H and O–H groups in total. The molecule has 2 aromatic rings. The maximum Gasteiger partial charge on any atom is 0.321 e. The molecule has 1 saturated heterocycles. The Morgan fingerprint density at radius 1 is 1.00 bits per heavy atom. The van der Waals surface area contributed by atoms with Gasteiger partial charge in [-0.25, -0.2) is 4.79 Å². The van der Waals surface area contributed by atoms with Crippen molar-refractivity contribution in [1.82, 2.24) is 4.90 Å². The van der Waals surface area contributed by atoms with Crippen LogP contribution in [0.2, 0.25) is 0 Å². The number of carbonyl (C=O) groups excluding carboxylic acids is 1. The summed E-state index contributed by atoms with van der Waals surface area (Å²) in [6.45, 7) is 1.62. The van der Waals surface area contributed by atoms with Crippen LogP contribution in [0.3, 0.4) is 0 Å². The quantitative estimate of drug-likeness (QED) is 0.905. The number of nitrogens with one attached hydrogen (secondary N) is 1. The minimum atomic E-state index is -0.0376. The highest BCUT2D eigenvalue weighted by atomic mass is 32.2. The van der Waals surface area contributed by atoms with Gasteiger partial charge in [0.1, 0.15) is 11.5 Å². The second-order valence-electron chi connectivity index (χ2n) is 5.33. The molecule has 0 bridgehead atoms. The fourth-order valence-corrected chi connectivity index (χ4v) is 3.30. The van der Waals surface area contributed by atoms with E-state index in [0.29, 0.717) is 5.75 Å². The molecule has 0 atom stereocenters. The zero-order valence-corrected chi connectivity index (χ0v) is 13.7. The van der Waals surface area contributed by atoms with Gasteiger partial charge in [0.15, 0.2) is 0 Å². The van der Waals surface area contributed by atoms with Crippen LogP contribution in [0.1, 0.15) is 6.42 Å². The van der Waals surface area contributed by atoms with Crippen molar-refractivity contribution in [3.63, 3.8) is 0 Å². The molecule has 2 aromatic carbocycles. The highest BCUT2D eigenvalue weighted by Crippen LogP contribution is 2.24. The van der Waals surface area contributed by atoms with E-state index in [1.807, 2.05) is 71.3 Å². The maximum atomic E-state index is 12.4. The van der Waals surface area contributed by atoms with Gasteiger partial charge in [-0.15, -0.1) is 0 Å². The topological polar surface area (TPSA) is 41.6 Å². The molecule has 0 aromatic heterocycles. The summed E-state index contributed by atoms with van der Waals surface area (Å²) in [6, 6.07) is 17.1. The third-order valence-corrected chi connectivity index (χ3v) is 4.62. The molecule has 1 fully saturated rings. The van der Waals surface area contributed by atoms with Crippen molar-refractivity contribution in [3.8, 4) is 11.5 Å². The van der Waals surface area contributed by atoms with E-state index in [-0.39, 0.29) is 6.03 Å². The monoisotopic (exact) mass is 328 g/mol. The van der Waals surface area contributed by atoms with Crippen LogP contribution >= 0.6 is 11.8 Å². The smallest absolute Gasteiger partial charge is 0.321 e. The number of rotatable bonds is 3. The summed E-state index contributed by atoms with van der Waals surface area (Å²) in [7, 11) is 0. The summed E-state index contributed by atoms with van der Waals surface area (Å²) in [4.78, 5) is 14.2. The molecular formula is C18H20N2O2S. The Kier molecular flexibility index (Phi) is 5.42. The van der Waals surface area contributed by atoms with Crippen LogP contribution in [-0.2, 0) is 0 Å². The molecule has 0 unspecified atom stereocenters. The molecule has 3 rings (SSSR count). The first-order valence-electron chi connectivity index (χ1n) is 7.78. The molecule has 23 heavy (non-hydrogen) atoms. The van der Waals surface area contributed by atoms with E-state index in [0.717, 1.165) is 42.5 Å². The molecule has 1 aliphatic rings. The Bertz CT molecular complexity index is 640. The van der Waals surface area contributed by atoms with Gasteiger partial charge in [-0.1, -0.05) is 24.3 Å². The van der Waals surface area contributed by atoms with Crippen LogP contribution < -0.4 is 10.1 Å². The summed E-state index contributed by atoms with van der Waals surface area (Å²) in [6.07, 6.45) is 1.05. The van der Waals surface area contributed by atoms with E-state index in [1.54, 1.807) is 0 Å². The van der Waals surface area contributed by atoms with Gasteiger partial charge in [-0.2, -0.15) is 11.8 Å². The normalized spacial score (nSPS) is 14.9. The van der Waals surface area contributed by atoms with Crippen LogP contribution in [0, 0.1) is 0 Å². The molecule has 120 valence electrons. The molecule has 0 saturated carbocycles.